The van der Waals surface area contributed by atoms with Gasteiger partial charge in [0.1, 0.15) is 0 Å². The molecule has 1 aliphatic heterocycles. The maximum absolute atomic E-state index is 11.9. The molecule has 0 aromatic heterocycles. The fourth-order valence-electron chi connectivity index (χ4n) is 2.02. The van der Waals surface area contributed by atoms with Crippen LogP contribution in [0.5, 0.6) is 0 Å². The van der Waals surface area contributed by atoms with Gasteiger partial charge in [0, 0.05) is 24.3 Å². The first-order valence-corrected chi connectivity index (χ1v) is 7.83. The summed E-state index contributed by atoms with van der Waals surface area (Å²) in [6, 6.07) is 5.51. The smallest absolute Gasteiger partial charge is 0.251 e. The van der Waals surface area contributed by atoms with Crippen molar-refractivity contribution in [2.45, 2.75) is 12.8 Å². The summed E-state index contributed by atoms with van der Waals surface area (Å²) in [5.41, 5.74) is 2.81. The number of anilines is 1. The van der Waals surface area contributed by atoms with Crippen LogP contribution in [0.2, 0.25) is 0 Å². The SMILES string of the molecule is NS(=O)(=O)CCCNC(=O)c1ccc2c(c1)CCN2. The van der Waals surface area contributed by atoms with Crippen molar-refractivity contribution >= 4 is 21.6 Å². The van der Waals surface area contributed by atoms with E-state index < -0.39 is 10.0 Å². The van der Waals surface area contributed by atoms with Crippen LogP contribution in [0.1, 0.15) is 22.3 Å². The Hall–Kier alpha value is -1.60. The maximum Gasteiger partial charge on any atom is 0.251 e. The van der Waals surface area contributed by atoms with Crippen LogP contribution < -0.4 is 15.8 Å². The number of sulfonamides is 1. The molecular formula is C12H17N3O3S. The van der Waals surface area contributed by atoms with Crippen LogP contribution in [0, 0.1) is 0 Å². The van der Waals surface area contributed by atoms with Gasteiger partial charge in [0.15, 0.2) is 0 Å². The second-order valence-electron chi connectivity index (χ2n) is 4.53. The third-order valence-corrected chi connectivity index (χ3v) is 3.83. The highest BCUT2D eigenvalue weighted by Crippen LogP contribution is 2.22. The molecule has 7 heteroatoms. The Morgan fingerprint density at radius 1 is 1.42 bits per heavy atom. The van der Waals surface area contributed by atoms with Gasteiger partial charge in [-0.2, -0.15) is 0 Å². The zero-order valence-corrected chi connectivity index (χ0v) is 11.3. The largest absolute Gasteiger partial charge is 0.384 e. The predicted molar refractivity (Wildman–Crippen MR) is 73.6 cm³/mol. The molecule has 2 rings (SSSR count). The van der Waals surface area contributed by atoms with E-state index in [1.165, 1.54) is 0 Å². The minimum absolute atomic E-state index is 0.124. The van der Waals surface area contributed by atoms with E-state index >= 15 is 0 Å². The Morgan fingerprint density at radius 3 is 2.95 bits per heavy atom. The van der Waals surface area contributed by atoms with E-state index in [0.717, 1.165) is 24.2 Å². The summed E-state index contributed by atoms with van der Waals surface area (Å²) in [6.07, 6.45) is 1.24. The number of primary sulfonamides is 1. The molecule has 0 unspecified atom stereocenters. The molecule has 0 bridgehead atoms. The van der Waals surface area contributed by atoms with Crippen molar-refractivity contribution in [1.29, 1.82) is 0 Å². The quantitative estimate of drug-likeness (QED) is 0.665. The summed E-state index contributed by atoms with van der Waals surface area (Å²) in [5, 5.41) is 10.8. The van der Waals surface area contributed by atoms with Crippen LogP contribution in [0.25, 0.3) is 0 Å². The molecule has 6 nitrogen and oxygen atoms in total. The number of hydrogen-bond acceptors (Lipinski definition) is 4. The number of carbonyl (C=O) groups excluding carboxylic acids is 1. The highest BCUT2D eigenvalue weighted by molar-refractivity contribution is 7.89. The minimum Gasteiger partial charge on any atom is -0.384 e. The molecule has 4 N–H and O–H groups in total. The molecule has 1 aliphatic rings. The van der Waals surface area contributed by atoms with E-state index in [1.807, 2.05) is 12.1 Å². The van der Waals surface area contributed by atoms with E-state index in [4.69, 9.17) is 5.14 Å². The number of benzene rings is 1. The third kappa shape index (κ3) is 3.93. The van der Waals surface area contributed by atoms with E-state index in [9.17, 15) is 13.2 Å². The Kier molecular flexibility index (Phi) is 4.06. The average Bonchev–Trinajstić information content (AvgIpc) is 2.80. The fourth-order valence-corrected chi connectivity index (χ4v) is 2.57. The van der Waals surface area contributed by atoms with E-state index in [2.05, 4.69) is 10.6 Å². The molecular weight excluding hydrogens is 266 g/mol. The number of rotatable bonds is 5. The molecule has 1 amide bonds. The molecule has 0 spiro atoms. The van der Waals surface area contributed by atoms with Crippen molar-refractivity contribution in [2.75, 3.05) is 24.2 Å². The third-order valence-electron chi connectivity index (χ3n) is 2.97. The van der Waals surface area contributed by atoms with Crippen molar-refractivity contribution < 1.29 is 13.2 Å². The monoisotopic (exact) mass is 283 g/mol. The fraction of sp³-hybridized carbons (Fsp3) is 0.417. The molecule has 0 radical (unpaired) electrons. The van der Waals surface area contributed by atoms with Crippen molar-refractivity contribution in [3.05, 3.63) is 29.3 Å². The van der Waals surface area contributed by atoms with Crippen molar-refractivity contribution in [3.63, 3.8) is 0 Å². The van der Waals surface area contributed by atoms with Gasteiger partial charge in [-0.25, -0.2) is 13.6 Å². The lowest BCUT2D eigenvalue weighted by Gasteiger charge is -2.06. The summed E-state index contributed by atoms with van der Waals surface area (Å²) < 4.78 is 21.5. The van der Waals surface area contributed by atoms with Gasteiger partial charge in [-0.15, -0.1) is 0 Å². The van der Waals surface area contributed by atoms with E-state index in [0.29, 0.717) is 18.5 Å². The molecule has 0 saturated heterocycles. The van der Waals surface area contributed by atoms with Gasteiger partial charge < -0.3 is 10.6 Å². The number of carbonyl (C=O) groups is 1. The molecule has 0 saturated carbocycles. The molecule has 1 aromatic rings. The molecule has 19 heavy (non-hydrogen) atoms. The van der Waals surface area contributed by atoms with Crippen LogP contribution in [0.3, 0.4) is 0 Å². The van der Waals surface area contributed by atoms with Crippen molar-refractivity contribution in [3.8, 4) is 0 Å². The number of fused-ring (bicyclic) bond motifs is 1. The van der Waals surface area contributed by atoms with Gasteiger partial charge in [-0.05, 0) is 36.6 Å². The summed E-state index contributed by atoms with van der Waals surface area (Å²) >= 11 is 0. The number of nitrogens with one attached hydrogen (secondary N) is 2. The second kappa shape index (κ2) is 5.58. The van der Waals surface area contributed by atoms with Gasteiger partial charge in [-0.1, -0.05) is 0 Å². The molecule has 0 fully saturated rings. The Balaban J connectivity index is 1.87. The summed E-state index contributed by atoms with van der Waals surface area (Å²) in [5.74, 6) is -0.314. The Morgan fingerprint density at radius 2 is 2.21 bits per heavy atom. The lowest BCUT2D eigenvalue weighted by atomic mass is 10.1. The van der Waals surface area contributed by atoms with Crippen LogP contribution in [-0.4, -0.2) is 33.2 Å². The van der Waals surface area contributed by atoms with Gasteiger partial charge in [-0.3, -0.25) is 4.79 Å². The number of amides is 1. The lowest BCUT2D eigenvalue weighted by molar-refractivity contribution is 0.0953. The molecule has 1 aromatic carbocycles. The molecule has 1 heterocycles. The van der Waals surface area contributed by atoms with Crippen molar-refractivity contribution in [1.82, 2.24) is 5.32 Å². The Bertz CT molecular complexity index is 584. The average molecular weight is 283 g/mol. The zero-order valence-electron chi connectivity index (χ0n) is 10.5. The number of nitrogens with two attached hydrogens (primary N) is 1. The topological polar surface area (TPSA) is 101 Å². The van der Waals surface area contributed by atoms with Crippen LogP contribution in [0.15, 0.2) is 18.2 Å². The van der Waals surface area contributed by atoms with Gasteiger partial charge in [0.25, 0.3) is 5.91 Å². The minimum atomic E-state index is -3.45. The van der Waals surface area contributed by atoms with Crippen LogP contribution in [0.4, 0.5) is 5.69 Å². The summed E-state index contributed by atoms with van der Waals surface area (Å²) in [7, 11) is -3.45. The van der Waals surface area contributed by atoms with E-state index in [-0.39, 0.29) is 11.7 Å². The summed E-state index contributed by atoms with van der Waals surface area (Å²) in [6.45, 7) is 1.19. The molecule has 104 valence electrons. The standard InChI is InChI=1S/C12H17N3O3S/c13-19(17,18)7-1-5-15-12(16)10-2-3-11-9(8-10)4-6-14-11/h2-3,8,14H,1,4-7H2,(H,15,16)(H2,13,17,18). The normalized spacial score (nSPS) is 13.7. The predicted octanol–water partition coefficient (Wildman–Crippen LogP) is 0.0630. The Labute approximate surface area is 112 Å². The van der Waals surface area contributed by atoms with Gasteiger partial charge >= 0.3 is 0 Å². The van der Waals surface area contributed by atoms with E-state index in [1.54, 1.807) is 6.07 Å². The highest BCUT2D eigenvalue weighted by Gasteiger charge is 2.13. The first kappa shape index (κ1) is 13.8. The molecule has 0 atom stereocenters. The maximum atomic E-state index is 11.9. The first-order valence-electron chi connectivity index (χ1n) is 6.11. The number of hydrogen-bond donors (Lipinski definition) is 3. The lowest BCUT2D eigenvalue weighted by Crippen LogP contribution is -2.27. The first-order chi connectivity index (χ1) is 8.96. The van der Waals surface area contributed by atoms with Crippen molar-refractivity contribution in [2.24, 2.45) is 5.14 Å². The van der Waals surface area contributed by atoms with Crippen LogP contribution in [-0.2, 0) is 16.4 Å². The van der Waals surface area contributed by atoms with Gasteiger partial charge in [0.2, 0.25) is 10.0 Å². The highest BCUT2D eigenvalue weighted by atomic mass is 32.2. The van der Waals surface area contributed by atoms with Crippen LogP contribution >= 0.6 is 0 Å². The summed E-state index contributed by atoms with van der Waals surface area (Å²) in [4.78, 5) is 11.9. The second-order valence-corrected chi connectivity index (χ2v) is 6.26. The van der Waals surface area contributed by atoms with Gasteiger partial charge in [0.05, 0.1) is 5.75 Å². The molecule has 0 aliphatic carbocycles. The zero-order chi connectivity index (χ0) is 13.9.